The SMILES string of the molecule is COC(=O)c1cn(Cc2ccccc2)c(=O)c2cnc3ncnn3c12. The van der Waals surface area contributed by atoms with Gasteiger partial charge in [0.2, 0.25) is 0 Å². The first-order valence-corrected chi connectivity index (χ1v) is 7.53. The van der Waals surface area contributed by atoms with Crippen LogP contribution in [0.1, 0.15) is 15.9 Å². The molecule has 0 aliphatic heterocycles. The Morgan fingerprint density at radius 1 is 1.20 bits per heavy atom. The van der Waals surface area contributed by atoms with Crippen LogP contribution in [0.4, 0.5) is 0 Å². The van der Waals surface area contributed by atoms with Crippen molar-refractivity contribution < 1.29 is 9.53 Å². The van der Waals surface area contributed by atoms with Gasteiger partial charge >= 0.3 is 5.97 Å². The van der Waals surface area contributed by atoms with Crippen LogP contribution in [0.5, 0.6) is 0 Å². The van der Waals surface area contributed by atoms with Crippen molar-refractivity contribution in [3.05, 3.63) is 70.5 Å². The molecule has 0 spiro atoms. The van der Waals surface area contributed by atoms with Gasteiger partial charge in [-0.25, -0.2) is 9.78 Å². The Kier molecular flexibility index (Phi) is 3.50. The van der Waals surface area contributed by atoms with E-state index >= 15 is 0 Å². The van der Waals surface area contributed by atoms with Gasteiger partial charge in [0, 0.05) is 12.4 Å². The molecule has 0 fully saturated rings. The highest BCUT2D eigenvalue weighted by Gasteiger charge is 2.19. The molecular formula is C17H13N5O3. The summed E-state index contributed by atoms with van der Waals surface area (Å²) in [6, 6.07) is 9.50. The van der Waals surface area contributed by atoms with E-state index in [4.69, 9.17) is 4.74 Å². The Morgan fingerprint density at radius 2 is 2.00 bits per heavy atom. The van der Waals surface area contributed by atoms with Crippen molar-refractivity contribution in [3.8, 4) is 0 Å². The van der Waals surface area contributed by atoms with Crippen molar-refractivity contribution in [2.75, 3.05) is 7.11 Å². The molecule has 0 unspecified atom stereocenters. The van der Waals surface area contributed by atoms with Crippen molar-refractivity contribution in [2.24, 2.45) is 0 Å². The third-order valence-corrected chi connectivity index (χ3v) is 3.94. The summed E-state index contributed by atoms with van der Waals surface area (Å²) in [5, 5.41) is 4.34. The van der Waals surface area contributed by atoms with Gasteiger partial charge in [-0.3, -0.25) is 4.79 Å². The molecule has 8 heteroatoms. The summed E-state index contributed by atoms with van der Waals surface area (Å²) in [5.41, 5.74) is 1.24. The first-order valence-electron chi connectivity index (χ1n) is 7.53. The minimum atomic E-state index is -0.560. The predicted molar refractivity (Wildman–Crippen MR) is 89.4 cm³/mol. The molecule has 4 rings (SSSR count). The zero-order valence-electron chi connectivity index (χ0n) is 13.3. The van der Waals surface area contributed by atoms with E-state index in [9.17, 15) is 9.59 Å². The maximum absolute atomic E-state index is 12.9. The molecule has 3 heterocycles. The molecule has 0 N–H and O–H groups in total. The fourth-order valence-corrected chi connectivity index (χ4v) is 2.78. The lowest BCUT2D eigenvalue weighted by Gasteiger charge is -2.11. The number of methoxy groups -OCH3 is 1. The zero-order chi connectivity index (χ0) is 17.4. The number of fused-ring (bicyclic) bond motifs is 3. The van der Waals surface area contributed by atoms with Gasteiger partial charge in [0.1, 0.15) is 11.9 Å². The maximum atomic E-state index is 12.9. The third-order valence-electron chi connectivity index (χ3n) is 3.94. The highest BCUT2D eigenvalue weighted by atomic mass is 16.5. The van der Waals surface area contributed by atoms with Gasteiger partial charge in [-0.2, -0.15) is 14.6 Å². The summed E-state index contributed by atoms with van der Waals surface area (Å²) in [6.07, 6.45) is 4.22. The topological polar surface area (TPSA) is 91.4 Å². The highest BCUT2D eigenvalue weighted by molar-refractivity contribution is 6.02. The summed E-state index contributed by atoms with van der Waals surface area (Å²) in [7, 11) is 1.29. The lowest BCUT2D eigenvalue weighted by atomic mass is 10.1. The van der Waals surface area contributed by atoms with Crippen LogP contribution in [0, 0.1) is 0 Å². The quantitative estimate of drug-likeness (QED) is 0.524. The number of hydrogen-bond acceptors (Lipinski definition) is 6. The molecule has 1 aromatic carbocycles. The normalized spacial score (nSPS) is 11.1. The first kappa shape index (κ1) is 15.0. The maximum Gasteiger partial charge on any atom is 0.341 e. The Hall–Kier alpha value is -3.55. The number of aromatic nitrogens is 5. The molecule has 0 atom stereocenters. The molecule has 0 aliphatic carbocycles. The fourth-order valence-electron chi connectivity index (χ4n) is 2.78. The monoisotopic (exact) mass is 335 g/mol. The number of rotatable bonds is 3. The molecule has 25 heavy (non-hydrogen) atoms. The number of hydrogen-bond donors (Lipinski definition) is 0. The summed E-state index contributed by atoms with van der Waals surface area (Å²) in [6.45, 7) is 0.328. The number of nitrogens with zero attached hydrogens (tertiary/aromatic N) is 5. The second kappa shape index (κ2) is 5.82. The number of carbonyl (C=O) groups is 1. The van der Waals surface area contributed by atoms with Crippen molar-refractivity contribution in [3.63, 3.8) is 0 Å². The number of ether oxygens (including phenoxy) is 1. The van der Waals surface area contributed by atoms with Crippen LogP contribution < -0.4 is 5.56 Å². The standard InChI is InChI=1S/C17H13N5O3/c1-25-16(24)13-9-21(8-11-5-3-2-4-6-11)15(23)12-7-18-17-19-10-20-22(17)14(12)13/h2-7,9-10H,8H2,1H3. The van der Waals surface area contributed by atoms with Crippen molar-refractivity contribution in [1.82, 2.24) is 24.1 Å². The molecule has 3 aromatic heterocycles. The van der Waals surface area contributed by atoms with Gasteiger partial charge in [0.15, 0.2) is 0 Å². The van der Waals surface area contributed by atoms with E-state index in [-0.39, 0.29) is 16.5 Å². The van der Waals surface area contributed by atoms with Crippen molar-refractivity contribution in [2.45, 2.75) is 6.54 Å². The first-order chi connectivity index (χ1) is 12.2. The second-order valence-electron chi connectivity index (χ2n) is 5.45. The van der Waals surface area contributed by atoms with Crippen LogP contribution >= 0.6 is 0 Å². The molecule has 8 nitrogen and oxygen atoms in total. The van der Waals surface area contributed by atoms with Crippen LogP contribution in [0.2, 0.25) is 0 Å². The van der Waals surface area contributed by atoms with E-state index in [0.29, 0.717) is 17.8 Å². The van der Waals surface area contributed by atoms with Crippen molar-refractivity contribution in [1.29, 1.82) is 0 Å². The Morgan fingerprint density at radius 3 is 2.76 bits per heavy atom. The Bertz CT molecular complexity index is 1150. The van der Waals surface area contributed by atoms with E-state index in [1.54, 1.807) is 0 Å². The van der Waals surface area contributed by atoms with Crippen LogP contribution in [0.15, 0.2) is 53.8 Å². The molecule has 124 valence electrons. The number of benzene rings is 1. The Labute approximate surface area is 141 Å². The molecule has 4 aromatic rings. The minimum Gasteiger partial charge on any atom is -0.465 e. The molecule has 0 radical (unpaired) electrons. The van der Waals surface area contributed by atoms with Gasteiger partial charge in [-0.05, 0) is 5.56 Å². The lowest BCUT2D eigenvalue weighted by Crippen LogP contribution is -2.24. The second-order valence-corrected chi connectivity index (χ2v) is 5.45. The van der Waals surface area contributed by atoms with Crippen LogP contribution in [-0.2, 0) is 11.3 Å². The average Bonchev–Trinajstić information content (AvgIpc) is 3.13. The largest absolute Gasteiger partial charge is 0.465 e. The molecule has 0 aliphatic rings. The summed E-state index contributed by atoms with van der Waals surface area (Å²) >= 11 is 0. The fraction of sp³-hybridized carbons (Fsp3) is 0.118. The predicted octanol–water partition coefficient (Wildman–Crippen LogP) is 1.27. The summed E-state index contributed by atoms with van der Waals surface area (Å²) < 4.78 is 7.72. The van der Waals surface area contributed by atoms with Gasteiger partial charge in [0.25, 0.3) is 11.3 Å². The van der Waals surface area contributed by atoms with Gasteiger partial charge in [-0.1, -0.05) is 30.3 Å². The number of pyridine rings is 1. The highest BCUT2D eigenvalue weighted by Crippen LogP contribution is 2.17. The van der Waals surface area contributed by atoms with Gasteiger partial charge < -0.3 is 9.30 Å². The number of esters is 1. The Balaban J connectivity index is 2.03. The molecule has 0 saturated carbocycles. The zero-order valence-corrected chi connectivity index (χ0v) is 13.3. The molecule has 0 saturated heterocycles. The average molecular weight is 335 g/mol. The van der Waals surface area contributed by atoms with Crippen LogP contribution in [0.25, 0.3) is 16.7 Å². The van der Waals surface area contributed by atoms with Crippen molar-refractivity contribution >= 4 is 22.6 Å². The van der Waals surface area contributed by atoms with E-state index in [0.717, 1.165) is 5.56 Å². The smallest absolute Gasteiger partial charge is 0.341 e. The van der Waals surface area contributed by atoms with E-state index in [1.807, 2.05) is 30.3 Å². The van der Waals surface area contributed by atoms with Crippen LogP contribution in [0.3, 0.4) is 0 Å². The van der Waals surface area contributed by atoms with E-state index in [1.165, 1.54) is 34.9 Å². The lowest BCUT2D eigenvalue weighted by molar-refractivity contribution is 0.0601. The van der Waals surface area contributed by atoms with Crippen LogP contribution in [-0.4, -0.2) is 37.2 Å². The molecular weight excluding hydrogens is 322 g/mol. The summed E-state index contributed by atoms with van der Waals surface area (Å²) in [4.78, 5) is 33.3. The number of carbonyl (C=O) groups excluding carboxylic acids is 1. The molecule has 0 bridgehead atoms. The van der Waals surface area contributed by atoms with Gasteiger partial charge in [-0.15, -0.1) is 0 Å². The van der Waals surface area contributed by atoms with E-state index in [2.05, 4.69) is 15.1 Å². The third kappa shape index (κ3) is 2.44. The molecule has 0 amide bonds. The van der Waals surface area contributed by atoms with Gasteiger partial charge in [0.05, 0.1) is 24.6 Å². The minimum absolute atomic E-state index is 0.228. The van der Waals surface area contributed by atoms with E-state index < -0.39 is 5.97 Å². The summed E-state index contributed by atoms with van der Waals surface area (Å²) in [5.74, 6) is -0.257.